The van der Waals surface area contributed by atoms with Crippen LogP contribution in [0, 0.1) is 3.57 Å². The number of hydrogen-bond acceptors (Lipinski definition) is 3. The lowest BCUT2D eigenvalue weighted by Crippen LogP contribution is -2.08. The zero-order valence-electron chi connectivity index (χ0n) is 7.43. The maximum absolute atomic E-state index is 12.4. The van der Waals surface area contributed by atoms with Crippen molar-refractivity contribution in [3.8, 4) is 0 Å². The van der Waals surface area contributed by atoms with Crippen LogP contribution >= 0.6 is 34.2 Å². The number of hydrogen-bond donors (Lipinski definition) is 0. The minimum Gasteiger partial charge on any atom is -0.464 e. The van der Waals surface area contributed by atoms with Crippen LogP contribution in [0.2, 0.25) is 5.15 Å². The van der Waals surface area contributed by atoms with Gasteiger partial charge in [-0.25, -0.2) is 18.6 Å². The summed E-state index contributed by atoms with van der Waals surface area (Å²) >= 11 is 7.21. The van der Waals surface area contributed by atoms with Crippen molar-refractivity contribution in [2.75, 3.05) is 7.11 Å². The lowest BCUT2D eigenvalue weighted by atomic mass is 10.2. The Morgan fingerprint density at radius 1 is 1.67 bits per heavy atom. The van der Waals surface area contributed by atoms with Crippen LogP contribution in [0.4, 0.5) is 8.78 Å². The van der Waals surface area contributed by atoms with E-state index in [1.807, 2.05) is 0 Å². The molecule has 0 fully saturated rings. The molecule has 0 radical (unpaired) electrons. The molecule has 0 atom stereocenters. The van der Waals surface area contributed by atoms with E-state index < -0.39 is 18.0 Å². The fourth-order valence-corrected chi connectivity index (χ4v) is 1.77. The summed E-state index contributed by atoms with van der Waals surface area (Å²) in [6.07, 6.45) is -2.72. The SMILES string of the molecule is COC(=O)c1nc(Cl)c(C(F)F)cc1I. The maximum Gasteiger partial charge on any atom is 0.357 e. The van der Waals surface area contributed by atoms with Gasteiger partial charge in [0.1, 0.15) is 5.15 Å². The minimum atomic E-state index is -2.72. The molecule has 0 aliphatic heterocycles. The summed E-state index contributed by atoms with van der Waals surface area (Å²) < 4.78 is 29.5. The quantitative estimate of drug-likeness (QED) is 0.469. The lowest BCUT2D eigenvalue weighted by Gasteiger charge is -2.06. The molecule has 1 heterocycles. The first-order valence-corrected chi connectivity index (χ1v) is 5.15. The fraction of sp³-hybridized carbons (Fsp3) is 0.250. The number of carbonyl (C=O) groups is 1. The molecular weight excluding hydrogens is 342 g/mol. The summed E-state index contributed by atoms with van der Waals surface area (Å²) in [7, 11) is 1.18. The molecule has 0 saturated heterocycles. The number of pyridine rings is 1. The van der Waals surface area contributed by atoms with Crippen LogP contribution in [0.15, 0.2) is 6.07 Å². The number of carbonyl (C=O) groups excluding carboxylic acids is 1. The third-order valence-electron chi connectivity index (χ3n) is 1.57. The van der Waals surface area contributed by atoms with Gasteiger partial charge in [-0.2, -0.15) is 0 Å². The first-order valence-electron chi connectivity index (χ1n) is 3.69. The van der Waals surface area contributed by atoms with Crippen molar-refractivity contribution in [3.63, 3.8) is 0 Å². The third kappa shape index (κ3) is 2.75. The number of methoxy groups -OCH3 is 1. The second kappa shape index (κ2) is 5.02. The predicted octanol–water partition coefficient (Wildman–Crippen LogP) is 3.06. The minimum absolute atomic E-state index is 0.0625. The van der Waals surface area contributed by atoms with Gasteiger partial charge in [-0.1, -0.05) is 11.6 Å². The van der Waals surface area contributed by atoms with Gasteiger partial charge in [0.05, 0.1) is 12.7 Å². The number of halogens is 4. The van der Waals surface area contributed by atoms with E-state index in [-0.39, 0.29) is 14.4 Å². The maximum atomic E-state index is 12.4. The molecule has 1 rings (SSSR count). The number of rotatable bonds is 2. The largest absolute Gasteiger partial charge is 0.464 e. The van der Waals surface area contributed by atoms with E-state index in [1.54, 1.807) is 22.6 Å². The highest BCUT2D eigenvalue weighted by Gasteiger charge is 2.20. The second-order valence-electron chi connectivity index (χ2n) is 2.49. The Labute approximate surface area is 103 Å². The summed E-state index contributed by atoms with van der Waals surface area (Å²) in [6, 6.07) is 1.12. The molecule has 0 amide bonds. The van der Waals surface area contributed by atoms with Crippen LogP contribution in [-0.4, -0.2) is 18.1 Å². The van der Waals surface area contributed by atoms with Gasteiger partial charge < -0.3 is 4.74 Å². The van der Waals surface area contributed by atoms with Crippen LogP contribution in [0.5, 0.6) is 0 Å². The van der Waals surface area contributed by atoms with Crippen molar-refractivity contribution in [1.29, 1.82) is 0 Å². The van der Waals surface area contributed by atoms with Crippen LogP contribution < -0.4 is 0 Å². The number of aromatic nitrogens is 1. The van der Waals surface area contributed by atoms with Crippen molar-refractivity contribution >= 4 is 40.2 Å². The molecule has 0 saturated carbocycles. The van der Waals surface area contributed by atoms with Crippen molar-refractivity contribution in [3.05, 3.63) is 26.0 Å². The zero-order valence-corrected chi connectivity index (χ0v) is 10.3. The zero-order chi connectivity index (χ0) is 11.6. The molecule has 3 nitrogen and oxygen atoms in total. The Bertz CT molecular complexity index is 400. The standard InChI is InChI=1S/C8H5ClF2INO2/c1-15-8(14)5-4(12)2-3(7(10)11)6(9)13-5/h2,7H,1H3. The highest BCUT2D eigenvalue weighted by atomic mass is 127. The van der Waals surface area contributed by atoms with E-state index in [1.165, 1.54) is 7.11 Å². The number of esters is 1. The molecule has 0 aliphatic rings. The van der Waals surface area contributed by atoms with Crippen LogP contribution in [0.25, 0.3) is 0 Å². The normalized spacial score (nSPS) is 10.5. The highest BCUT2D eigenvalue weighted by molar-refractivity contribution is 14.1. The molecule has 0 unspecified atom stereocenters. The van der Waals surface area contributed by atoms with E-state index in [0.29, 0.717) is 0 Å². The van der Waals surface area contributed by atoms with Gasteiger partial charge in [0.2, 0.25) is 0 Å². The van der Waals surface area contributed by atoms with Gasteiger partial charge in [-0.05, 0) is 28.7 Å². The summed E-state index contributed by atoms with van der Waals surface area (Å²) in [6.45, 7) is 0. The molecule has 0 bridgehead atoms. The average molecular weight is 347 g/mol. The van der Waals surface area contributed by atoms with Crippen LogP contribution in [0.3, 0.4) is 0 Å². The van der Waals surface area contributed by atoms with Gasteiger partial charge in [-0.15, -0.1) is 0 Å². The highest BCUT2D eigenvalue weighted by Crippen LogP contribution is 2.28. The Hall–Kier alpha value is -0.500. The summed E-state index contributed by atoms with van der Waals surface area (Å²) in [5, 5.41) is -0.384. The average Bonchev–Trinajstić information content (AvgIpc) is 2.19. The molecule has 0 aliphatic carbocycles. The Morgan fingerprint density at radius 3 is 2.73 bits per heavy atom. The van der Waals surface area contributed by atoms with Gasteiger partial charge in [0.25, 0.3) is 6.43 Å². The number of ether oxygens (including phenoxy) is 1. The molecule has 0 N–H and O–H groups in total. The molecule has 1 aromatic rings. The van der Waals surface area contributed by atoms with Crippen molar-refractivity contribution in [2.24, 2.45) is 0 Å². The molecule has 0 spiro atoms. The van der Waals surface area contributed by atoms with E-state index in [0.717, 1.165) is 6.07 Å². The van der Waals surface area contributed by atoms with Crippen molar-refractivity contribution < 1.29 is 18.3 Å². The lowest BCUT2D eigenvalue weighted by molar-refractivity contribution is 0.0592. The van der Waals surface area contributed by atoms with Gasteiger partial charge >= 0.3 is 5.97 Å². The first kappa shape index (κ1) is 12.6. The van der Waals surface area contributed by atoms with Crippen molar-refractivity contribution in [2.45, 2.75) is 6.43 Å². The Morgan fingerprint density at radius 2 is 2.27 bits per heavy atom. The van der Waals surface area contributed by atoms with Crippen LogP contribution in [-0.2, 0) is 4.74 Å². The Kier molecular flexibility index (Phi) is 4.21. The molecule has 15 heavy (non-hydrogen) atoms. The molecule has 0 aromatic carbocycles. The van der Waals surface area contributed by atoms with Gasteiger partial charge in [0, 0.05) is 3.57 Å². The fourth-order valence-electron chi connectivity index (χ4n) is 0.873. The third-order valence-corrected chi connectivity index (χ3v) is 2.70. The summed E-state index contributed by atoms with van der Waals surface area (Å²) in [5.41, 5.74) is -0.457. The van der Waals surface area contributed by atoms with Gasteiger partial charge in [0.15, 0.2) is 5.69 Å². The number of alkyl halides is 2. The summed E-state index contributed by atoms with van der Waals surface area (Å²) in [5.74, 6) is -0.706. The second-order valence-corrected chi connectivity index (χ2v) is 4.01. The molecule has 82 valence electrons. The Balaban J connectivity index is 3.25. The number of nitrogens with zero attached hydrogens (tertiary/aromatic N) is 1. The smallest absolute Gasteiger partial charge is 0.357 e. The first-order chi connectivity index (χ1) is 6.97. The van der Waals surface area contributed by atoms with Gasteiger partial charge in [-0.3, -0.25) is 0 Å². The molecular formula is C8H5ClF2INO2. The topological polar surface area (TPSA) is 39.2 Å². The van der Waals surface area contributed by atoms with E-state index >= 15 is 0 Å². The van der Waals surface area contributed by atoms with E-state index in [9.17, 15) is 13.6 Å². The van der Waals surface area contributed by atoms with Crippen molar-refractivity contribution in [1.82, 2.24) is 4.98 Å². The van der Waals surface area contributed by atoms with Crippen LogP contribution in [0.1, 0.15) is 22.5 Å². The monoisotopic (exact) mass is 347 g/mol. The predicted molar refractivity (Wildman–Crippen MR) is 58.3 cm³/mol. The van der Waals surface area contributed by atoms with E-state index in [4.69, 9.17) is 11.6 Å². The molecule has 1 aromatic heterocycles. The van der Waals surface area contributed by atoms with E-state index in [2.05, 4.69) is 9.72 Å². The summed E-state index contributed by atoms with van der Waals surface area (Å²) in [4.78, 5) is 14.7. The molecule has 7 heteroatoms.